The van der Waals surface area contributed by atoms with Gasteiger partial charge in [-0.15, -0.1) is 0 Å². The number of piperazine rings is 1. The second kappa shape index (κ2) is 5.98. The van der Waals surface area contributed by atoms with E-state index in [0.717, 1.165) is 32.1 Å². The smallest absolute Gasteiger partial charge is 0.249 e. The highest BCUT2D eigenvalue weighted by atomic mass is 16.2. The third-order valence-electron chi connectivity index (χ3n) is 4.51. The lowest BCUT2D eigenvalue weighted by Crippen LogP contribution is -2.71. The number of hydrogen-bond acceptors (Lipinski definition) is 2. The largest absolute Gasteiger partial charge is 0.340 e. The Morgan fingerprint density at radius 2 is 1.95 bits per heavy atom. The fraction of sp³-hybridized carbons (Fsp3) is 0.750. The Morgan fingerprint density at radius 1 is 1.30 bits per heavy atom. The molecule has 2 rings (SSSR count). The second-order valence-corrected chi connectivity index (χ2v) is 6.35. The molecule has 1 saturated heterocycles. The Bertz CT molecular complexity index is 409. The van der Waals surface area contributed by atoms with Crippen LogP contribution in [0.5, 0.6) is 0 Å². The van der Waals surface area contributed by atoms with Gasteiger partial charge in [-0.05, 0) is 25.7 Å². The zero-order chi connectivity index (χ0) is 14.8. The van der Waals surface area contributed by atoms with Crippen LogP contribution in [0.15, 0.2) is 12.2 Å². The summed E-state index contributed by atoms with van der Waals surface area (Å²) >= 11 is 0. The number of hydrogen-bond donors (Lipinski definition) is 1. The summed E-state index contributed by atoms with van der Waals surface area (Å²) in [6.07, 6.45) is 8.68. The molecule has 20 heavy (non-hydrogen) atoms. The van der Waals surface area contributed by atoms with E-state index < -0.39 is 5.54 Å². The SMILES string of the molecule is C/C=C/CN1C(=O)C2(CCCCC2)NC(=O)C1C(C)C. The highest BCUT2D eigenvalue weighted by Crippen LogP contribution is 2.34. The molecule has 112 valence electrons. The molecule has 1 atom stereocenters. The predicted molar refractivity (Wildman–Crippen MR) is 79.1 cm³/mol. The summed E-state index contributed by atoms with van der Waals surface area (Å²) in [5.41, 5.74) is -0.623. The van der Waals surface area contributed by atoms with Crippen LogP contribution in [0, 0.1) is 5.92 Å². The van der Waals surface area contributed by atoms with Crippen LogP contribution in [0.25, 0.3) is 0 Å². The first-order chi connectivity index (χ1) is 9.52. The van der Waals surface area contributed by atoms with Crippen LogP contribution in [0.2, 0.25) is 0 Å². The topological polar surface area (TPSA) is 49.4 Å². The van der Waals surface area contributed by atoms with Gasteiger partial charge in [0.25, 0.3) is 0 Å². The molecule has 2 fully saturated rings. The maximum absolute atomic E-state index is 12.9. The van der Waals surface area contributed by atoms with Gasteiger partial charge in [-0.25, -0.2) is 0 Å². The van der Waals surface area contributed by atoms with Crippen molar-refractivity contribution in [2.75, 3.05) is 6.54 Å². The van der Waals surface area contributed by atoms with Gasteiger partial charge >= 0.3 is 0 Å². The second-order valence-electron chi connectivity index (χ2n) is 6.35. The standard InChI is InChI=1S/C16H26N2O2/c1-4-5-11-18-13(12(2)3)14(19)17-16(15(18)20)9-7-6-8-10-16/h4-5,12-13H,6-11H2,1-3H3,(H,17,19)/b5-4+. The minimum atomic E-state index is -0.623. The zero-order valence-corrected chi connectivity index (χ0v) is 12.8. The van der Waals surface area contributed by atoms with Crippen molar-refractivity contribution in [1.29, 1.82) is 0 Å². The molecule has 1 saturated carbocycles. The van der Waals surface area contributed by atoms with Crippen LogP contribution in [0.1, 0.15) is 52.9 Å². The monoisotopic (exact) mass is 278 g/mol. The van der Waals surface area contributed by atoms with Crippen LogP contribution in [0.3, 0.4) is 0 Å². The van der Waals surface area contributed by atoms with Crippen molar-refractivity contribution in [2.24, 2.45) is 5.92 Å². The summed E-state index contributed by atoms with van der Waals surface area (Å²) in [5.74, 6) is 0.268. The number of nitrogens with one attached hydrogen (secondary N) is 1. The lowest BCUT2D eigenvalue weighted by molar-refractivity contribution is -0.157. The number of nitrogens with zero attached hydrogens (tertiary/aromatic N) is 1. The molecule has 2 aliphatic rings. The van der Waals surface area contributed by atoms with Gasteiger partial charge in [-0.3, -0.25) is 9.59 Å². The summed E-state index contributed by atoms with van der Waals surface area (Å²) in [6, 6.07) is -0.341. The molecule has 0 radical (unpaired) electrons. The summed E-state index contributed by atoms with van der Waals surface area (Å²) in [5, 5.41) is 3.07. The third kappa shape index (κ3) is 2.60. The van der Waals surface area contributed by atoms with Crippen molar-refractivity contribution < 1.29 is 9.59 Å². The molecule has 0 aromatic heterocycles. The molecular weight excluding hydrogens is 252 g/mol. The van der Waals surface area contributed by atoms with E-state index in [1.54, 1.807) is 4.90 Å². The average molecular weight is 278 g/mol. The van der Waals surface area contributed by atoms with Crippen molar-refractivity contribution >= 4 is 11.8 Å². The first-order valence-electron chi connectivity index (χ1n) is 7.76. The first-order valence-corrected chi connectivity index (χ1v) is 7.76. The summed E-state index contributed by atoms with van der Waals surface area (Å²) < 4.78 is 0. The summed E-state index contributed by atoms with van der Waals surface area (Å²) in [7, 11) is 0. The molecule has 0 aromatic carbocycles. The van der Waals surface area contributed by atoms with E-state index in [1.807, 2.05) is 32.9 Å². The normalized spacial score (nSPS) is 26.6. The molecule has 4 heteroatoms. The maximum Gasteiger partial charge on any atom is 0.249 e. The van der Waals surface area contributed by atoms with Gasteiger partial charge in [0, 0.05) is 6.54 Å². The Balaban J connectivity index is 2.30. The molecular formula is C16H26N2O2. The van der Waals surface area contributed by atoms with Crippen LogP contribution < -0.4 is 5.32 Å². The number of allylic oxidation sites excluding steroid dienone is 1. The van der Waals surface area contributed by atoms with Crippen LogP contribution in [-0.4, -0.2) is 34.8 Å². The number of rotatable bonds is 3. The van der Waals surface area contributed by atoms with Gasteiger partial charge < -0.3 is 10.2 Å². The summed E-state index contributed by atoms with van der Waals surface area (Å²) in [4.78, 5) is 27.2. The van der Waals surface area contributed by atoms with E-state index in [4.69, 9.17) is 0 Å². The Labute approximate surface area is 121 Å². The van der Waals surface area contributed by atoms with E-state index in [-0.39, 0.29) is 23.8 Å². The molecule has 4 nitrogen and oxygen atoms in total. The fourth-order valence-electron chi connectivity index (χ4n) is 3.48. The van der Waals surface area contributed by atoms with E-state index in [1.165, 1.54) is 0 Å². The maximum atomic E-state index is 12.9. The molecule has 1 unspecified atom stereocenters. The molecule has 2 amide bonds. The lowest BCUT2D eigenvalue weighted by atomic mass is 9.77. The van der Waals surface area contributed by atoms with Gasteiger partial charge in [-0.1, -0.05) is 45.3 Å². The van der Waals surface area contributed by atoms with E-state index in [0.29, 0.717) is 6.54 Å². The van der Waals surface area contributed by atoms with Crippen LogP contribution in [-0.2, 0) is 9.59 Å². The molecule has 1 aliphatic carbocycles. The average Bonchev–Trinajstić information content (AvgIpc) is 2.41. The molecule has 0 bridgehead atoms. The van der Waals surface area contributed by atoms with Gasteiger partial charge in [0.1, 0.15) is 11.6 Å². The van der Waals surface area contributed by atoms with E-state index in [2.05, 4.69) is 5.32 Å². The van der Waals surface area contributed by atoms with Crippen molar-refractivity contribution in [1.82, 2.24) is 10.2 Å². The first kappa shape index (κ1) is 15.1. The summed E-state index contributed by atoms with van der Waals surface area (Å²) in [6.45, 7) is 6.47. The Kier molecular flexibility index (Phi) is 4.51. The third-order valence-corrected chi connectivity index (χ3v) is 4.51. The zero-order valence-electron chi connectivity index (χ0n) is 12.8. The minimum absolute atomic E-state index is 0.0194. The highest BCUT2D eigenvalue weighted by molar-refractivity contribution is 6.00. The highest BCUT2D eigenvalue weighted by Gasteiger charge is 2.51. The quantitative estimate of drug-likeness (QED) is 0.805. The van der Waals surface area contributed by atoms with Crippen LogP contribution in [0.4, 0.5) is 0 Å². The van der Waals surface area contributed by atoms with Crippen molar-refractivity contribution in [3.8, 4) is 0 Å². The van der Waals surface area contributed by atoms with Crippen LogP contribution >= 0.6 is 0 Å². The van der Waals surface area contributed by atoms with Crippen molar-refractivity contribution in [3.05, 3.63) is 12.2 Å². The molecule has 1 aliphatic heterocycles. The van der Waals surface area contributed by atoms with Gasteiger partial charge in [-0.2, -0.15) is 0 Å². The molecule has 1 spiro atoms. The molecule has 1 N–H and O–H groups in total. The molecule has 0 aromatic rings. The number of carbonyl (C=O) groups excluding carboxylic acids is 2. The van der Waals surface area contributed by atoms with Crippen molar-refractivity contribution in [2.45, 2.75) is 64.5 Å². The number of carbonyl (C=O) groups is 2. The lowest BCUT2D eigenvalue weighted by Gasteiger charge is -2.48. The van der Waals surface area contributed by atoms with Gasteiger partial charge in [0.15, 0.2) is 0 Å². The minimum Gasteiger partial charge on any atom is -0.340 e. The Morgan fingerprint density at radius 3 is 2.50 bits per heavy atom. The van der Waals surface area contributed by atoms with Crippen molar-refractivity contribution in [3.63, 3.8) is 0 Å². The van der Waals surface area contributed by atoms with E-state index >= 15 is 0 Å². The van der Waals surface area contributed by atoms with Gasteiger partial charge in [0.2, 0.25) is 11.8 Å². The Hall–Kier alpha value is -1.32. The molecule has 1 heterocycles. The fourth-order valence-corrected chi connectivity index (χ4v) is 3.48. The predicted octanol–water partition coefficient (Wildman–Crippen LogP) is 2.25. The van der Waals surface area contributed by atoms with Gasteiger partial charge in [0.05, 0.1) is 0 Å². The number of amides is 2. The van der Waals surface area contributed by atoms with E-state index in [9.17, 15) is 9.59 Å².